The standard InChI is InChI=1S/C13H25NO3/c1-11-4-6-12(10-15,7-5-11)14-8-13(9-14,16-2)17-3/h11,15H,4-10H2,1-3H3. The molecule has 1 saturated carbocycles. The Labute approximate surface area is 104 Å². The van der Waals surface area contributed by atoms with Gasteiger partial charge in [-0.15, -0.1) is 0 Å². The highest BCUT2D eigenvalue weighted by Gasteiger charge is 2.52. The lowest BCUT2D eigenvalue weighted by atomic mass is 9.74. The number of ether oxygens (including phenoxy) is 2. The Balaban J connectivity index is 1.97. The molecule has 0 unspecified atom stereocenters. The van der Waals surface area contributed by atoms with Crippen LogP contribution in [0.25, 0.3) is 0 Å². The summed E-state index contributed by atoms with van der Waals surface area (Å²) >= 11 is 0. The van der Waals surface area contributed by atoms with Crippen LogP contribution in [0.1, 0.15) is 32.6 Å². The van der Waals surface area contributed by atoms with Gasteiger partial charge in [-0.05, 0) is 31.6 Å². The van der Waals surface area contributed by atoms with Gasteiger partial charge in [-0.3, -0.25) is 4.90 Å². The van der Waals surface area contributed by atoms with E-state index in [2.05, 4.69) is 11.8 Å². The zero-order chi connectivity index (χ0) is 12.5. The fourth-order valence-corrected chi connectivity index (χ4v) is 3.09. The quantitative estimate of drug-likeness (QED) is 0.754. The van der Waals surface area contributed by atoms with E-state index in [1.165, 1.54) is 12.8 Å². The molecule has 1 N–H and O–H groups in total. The van der Waals surface area contributed by atoms with E-state index in [1.807, 2.05) is 0 Å². The van der Waals surface area contributed by atoms with Crippen LogP contribution in [0.15, 0.2) is 0 Å². The fourth-order valence-electron chi connectivity index (χ4n) is 3.09. The lowest BCUT2D eigenvalue weighted by molar-refractivity contribution is -0.298. The molecule has 0 aromatic rings. The summed E-state index contributed by atoms with van der Waals surface area (Å²) in [7, 11) is 3.38. The topological polar surface area (TPSA) is 41.9 Å². The maximum Gasteiger partial charge on any atom is 0.193 e. The summed E-state index contributed by atoms with van der Waals surface area (Å²) in [4.78, 5) is 2.34. The summed E-state index contributed by atoms with van der Waals surface area (Å²) in [5, 5.41) is 9.76. The minimum absolute atomic E-state index is 0.0208. The van der Waals surface area contributed by atoms with E-state index in [0.29, 0.717) is 0 Å². The largest absolute Gasteiger partial charge is 0.394 e. The predicted octanol–water partition coefficient (Wildman–Crippen LogP) is 1.23. The first-order chi connectivity index (χ1) is 8.10. The van der Waals surface area contributed by atoms with Gasteiger partial charge in [-0.2, -0.15) is 0 Å². The van der Waals surface area contributed by atoms with Crippen molar-refractivity contribution in [3.8, 4) is 0 Å². The van der Waals surface area contributed by atoms with Crippen LogP contribution in [-0.4, -0.2) is 55.2 Å². The van der Waals surface area contributed by atoms with Crippen LogP contribution in [0.4, 0.5) is 0 Å². The van der Waals surface area contributed by atoms with Gasteiger partial charge in [-0.1, -0.05) is 6.92 Å². The molecule has 1 saturated heterocycles. The second-order valence-corrected chi connectivity index (χ2v) is 5.74. The average Bonchev–Trinajstić information content (AvgIpc) is 2.32. The molecular formula is C13H25NO3. The molecule has 100 valence electrons. The summed E-state index contributed by atoms with van der Waals surface area (Å²) < 4.78 is 10.8. The molecule has 0 amide bonds. The first kappa shape index (κ1) is 13.3. The van der Waals surface area contributed by atoms with Crippen molar-refractivity contribution in [2.24, 2.45) is 5.92 Å². The zero-order valence-electron chi connectivity index (χ0n) is 11.2. The number of aliphatic hydroxyl groups is 1. The molecule has 0 bridgehead atoms. The van der Waals surface area contributed by atoms with Crippen molar-refractivity contribution in [2.75, 3.05) is 33.9 Å². The molecule has 0 spiro atoms. The normalized spacial score (nSPS) is 37.8. The van der Waals surface area contributed by atoms with E-state index in [4.69, 9.17) is 9.47 Å². The second-order valence-electron chi connectivity index (χ2n) is 5.74. The van der Waals surface area contributed by atoms with Crippen molar-refractivity contribution in [3.05, 3.63) is 0 Å². The van der Waals surface area contributed by atoms with Gasteiger partial charge in [0.25, 0.3) is 0 Å². The van der Waals surface area contributed by atoms with E-state index in [0.717, 1.165) is 31.8 Å². The van der Waals surface area contributed by atoms with Gasteiger partial charge in [0, 0.05) is 19.8 Å². The third-order valence-corrected chi connectivity index (χ3v) is 4.78. The van der Waals surface area contributed by atoms with Crippen LogP contribution < -0.4 is 0 Å². The smallest absolute Gasteiger partial charge is 0.193 e. The summed E-state index contributed by atoms with van der Waals surface area (Å²) in [6.07, 6.45) is 4.61. The van der Waals surface area contributed by atoms with Gasteiger partial charge >= 0.3 is 0 Å². The van der Waals surface area contributed by atoms with Gasteiger partial charge in [0.2, 0.25) is 0 Å². The van der Waals surface area contributed by atoms with Gasteiger partial charge < -0.3 is 14.6 Å². The number of nitrogens with zero attached hydrogens (tertiary/aromatic N) is 1. The molecular weight excluding hydrogens is 218 g/mol. The lowest BCUT2D eigenvalue weighted by Crippen LogP contribution is -2.72. The van der Waals surface area contributed by atoms with Crippen molar-refractivity contribution >= 4 is 0 Å². The monoisotopic (exact) mass is 243 g/mol. The highest BCUT2D eigenvalue weighted by Crippen LogP contribution is 2.41. The molecule has 1 heterocycles. The van der Waals surface area contributed by atoms with Crippen molar-refractivity contribution in [3.63, 3.8) is 0 Å². The summed E-state index contributed by atoms with van der Waals surface area (Å²) in [5.41, 5.74) is -0.0208. The molecule has 17 heavy (non-hydrogen) atoms. The van der Waals surface area contributed by atoms with Crippen LogP contribution in [-0.2, 0) is 9.47 Å². The molecule has 2 aliphatic rings. The number of aliphatic hydroxyl groups excluding tert-OH is 1. The molecule has 1 aliphatic carbocycles. The third kappa shape index (κ3) is 2.24. The average molecular weight is 243 g/mol. The fraction of sp³-hybridized carbons (Fsp3) is 1.00. The van der Waals surface area contributed by atoms with Crippen molar-refractivity contribution in [1.82, 2.24) is 4.90 Å². The maximum absolute atomic E-state index is 9.76. The van der Waals surface area contributed by atoms with Crippen LogP contribution in [0.3, 0.4) is 0 Å². The third-order valence-electron chi connectivity index (χ3n) is 4.78. The molecule has 0 aromatic carbocycles. The lowest BCUT2D eigenvalue weighted by Gasteiger charge is -2.57. The van der Waals surface area contributed by atoms with Gasteiger partial charge in [0.05, 0.1) is 19.7 Å². The van der Waals surface area contributed by atoms with Crippen molar-refractivity contribution < 1.29 is 14.6 Å². The minimum Gasteiger partial charge on any atom is -0.394 e. The predicted molar refractivity (Wildman–Crippen MR) is 65.8 cm³/mol. The summed E-state index contributed by atoms with van der Waals surface area (Å²) in [5.74, 6) is 0.358. The van der Waals surface area contributed by atoms with E-state index in [-0.39, 0.29) is 12.1 Å². The Hall–Kier alpha value is -0.160. The van der Waals surface area contributed by atoms with E-state index in [9.17, 15) is 5.11 Å². The Kier molecular flexibility index (Phi) is 3.78. The van der Waals surface area contributed by atoms with Crippen molar-refractivity contribution in [1.29, 1.82) is 0 Å². The van der Waals surface area contributed by atoms with Crippen molar-refractivity contribution in [2.45, 2.75) is 43.9 Å². The number of hydrogen-bond acceptors (Lipinski definition) is 4. The molecule has 2 rings (SSSR count). The van der Waals surface area contributed by atoms with E-state index in [1.54, 1.807) is 14.2 Å². The number of rotatable bonds is 4. The van der Waals surface area contributed by atoms with Gasteiger partial charge in [-0.25, -0.2) is 0 Å². The summed E-state index contributed by atoms with van der Waals surface area (Å²) in [6, 6.07) is 0. The van der Waals surface area contributed by atoms with Crippen LogP contribution in [0, 0.1) is 5.92 Å². The van der Waals surface area contributed by atoms with Gasteiger partial charge in [0.15, 0.2) is 5.79 Å². The number of methoxy groups -OCH3 is 2. The molecule has 4 nitrogen and oxygen atoms in total. The highest BCUT2D eigenvalue weighted by molar-refractivity contribution is 5.03. The molecule has 4 heteroatoms. The maximum atomic E-state index is 9.76. The summed E-state index contributed by atoms with van der Waals surface area (Å²) in [6.45, 7) is 4.10. The SMILES string of the molecule is COC1(OC)CN(C2(CO)CCC(C)CC2)C1. The first-order valence-corrected chi connectivity index (χ1v) is 6.56. The van der Waals surface area contributed by atoms with Crippen LogP contribution >= 0.6 is 0 Å². The van der Waals surface area contributed by atoms with Gasteiger partial charge in [0.1, 0.15) is 0 Å². The minimum atomic E-state index is -0.439. The Morgan fingerprint density at radius 3 is 2.12 bits per heavy atom. The number of hydrogen-bond donors (Lipinski definition) is 1. The van der Waals surface area contributed by atoms with E-state index < -0.39 is 5.79 Å². The second kappa shape index (κ2) is 4.84. The highest BCUT2D eigenvalue weighted by atomic mass is 16.7. The molecule has 1 aliphatic heterocycles. The Morgan fingerprint density at radius 1 is 1.18 bits per heavy atom. The molecule has 0 atom stereocenters. The molecule has 0 aromatic heterocycles. The Bertz CT molecular complexity index is 249. The van der Waals surface area contributed by atoms with E-state index >= 15 is 0 Å². The zero-order valence-corrected chi connectivity index (χ0v) is 11.2. The number of likely N-dealkylation sites (tertiary alicyclic amines) is 1. The van der Waals surface area contributed by atoms with Crippen LogP contribution in [0.2, 0.25) is 0 Å². The first-order valence-electron chi connectivity index (χ1n) is 6.56. The molecule has 2 fully saturated rings. The Morgan fingerprint density at radius 2 is 1.71 bits per heavy atom. The molecule has 0 radical (unpaired) electrons. The van der Waals surface area contributed by atoms with Crippen LogP contribution in [0.5, 0.6) is 0 Å².